The summed E-state index contributed by atoms with van der Waals surface area (Å²) in [7, 11) is 0. The van der Waals surface area contributed by atoms with Gasteiger partial charge in [0.05, 0.1) is 18.2 Å². The second kappa shape index (κ2) is 6.36. The average Bonchev–Trinajstić information content (AvgIpc) is 2.79. The molecule has 1 fully saturated rings. The van der Waals surface area contributed by atoms with Crippen LogP contribution in [0.3, 0.4) is 0 Å². The first-order valence-electron chi connectivity index (χ1n) is 7.37. The Kier molecular flexibility index (Phi) is 4.71. The normalized spacial score (nSPS) is 18.5. The molecular formula is C16H23N3O3. The topological polar surface area (TPSA) is 81.7 Å². The van der Waals surface area contributed by atoms with Crippen molar-refractivity contribution in [3.63, 3.8) is 0 Å². The van der Waals surface area contributed by atoms with Crippen molar-refractivity contribution in [3.8, 4) is 0 Å². The van der Waals surface area contributed by atoms with Gasteiger partial charge in [0.25, 0.3) is 0 Å². The number of benzene rings is 1. The number of aliphatic hydroxyl groups excluding tert-OH is 1. The molecule has 1 aromatic rings. The molecule has 1 aromatic carbocycles. The van der Waals surface area contributed by atoms with E-state index in [4.69, 9.17) is 5.11 Å². The second-order valence-corrected chi connectivity index (χ2v) is 6.38. The molecule has 0 radical (unpaired) electrons. The predicted octanol–water partition coefficient (Wildman–Crippen LogP) is 1.17. The van der Waals surface area contributed by atoms with Gasteiger partial charge in [0.15, 0.2) is 0 Å². The van der Waals surface area contributed by atoms with Crippen molar-refractivity contribution >= 4 is 17.6 Å². The number of aryl methyl sites for hydroxylation is 1. The van der Waals surface area contributed by atoms with Crippen LogP contribution in [-0.2, 0) is 4.79 Å². The summed E-state index contributed by atoms with van der Waals surface area (Å²) < 4.78 is 0. The van der Waals surface area contributed by atoms with Crippen molar-refractivity contribution in [2.24, 2.45) is 0 Å². The summed E-state index contributed by atoms with van der Waals surface area (Å²) in [4.78, 5) is 25.7. The molecule has 1 saturated heterocycles. The molecule has 0 aromatic heterocycles. The summed E-state index contributed by atoms with van der Waals surface area (Å²) in [6.45, 7) is 5.75. The van der Waals surface area contributed by atoms with Gasteiger partial charge in [-0.2, -0.15) is 0 Å². The predicted molar refractivity (Wildman–Crippen MR) is 84.8 cm³/mol. The third-order valence-corrected chi connectivity index (χ3v) is 3.65. The van der Waals surface area contributed by atoms with Gasteiger partial charge in [-0.15, -0.1) is 0 Å². The summed E-state index contributed by atoms with van der Waals surface area (Å²) in [6.07, 6.45) is 0.279. The van der Waals surface area contributed by atoms with Gasteiger partial charge in [-0.3, -0.25) is 4.79 Å². The van der Waals surface area contributed by atoms with Gasteiger partial charge >= 0.3 is 6.03 Å². The molecule has 120 valence electrons. The Bertz CT molecular complexity index is 554. The number of nitrogens with zero attached hydrogens (tertiary/aromatic N) is 1. The minimum Gasteiger partial charge on any atom is -0.394 e. The number of aliphatic hydroxyl groups is 1. The lowest BCUT2D eigenvalue weighted by atomic mass is 10.1. The van der Waals surface area contributed by atoms with Gasteiger partial charge in [-0.1, -0.05) is 17.7 Å². The Morgan fingerprint density at radius 2 is 2.00 bits per heavy atom. The van der Waals surface area contributed by atoms with E-state index in [-0.39, 0.29) is 31.0 Å². The first-order valence-corrected chi connectivity index (χ1v) is 7.37. The van der Waals surface area contributed by atoms with E-state index in [1.54, 1.807) is 18.7 Å². The minimum atomic E-state index is -0.691. The van der Waals surface area contributed by atoms with Crippen LogP contribution in [0.4, 0.5) is 10.5 Å². The number of anilines is 1. The van der Waals surface area contributed by atoms with Crippen molar-refractivity contribution in [1.82, 2.24) is 10.6 Å². The molecule has 0 spiro atoms. The Hall–Kier alpha value is -2.08. The van der Waals surface area contributed by atoms with Gasteiger partial charge in [0.1, 0.15) is 0 Å². The third-order valence-electron chi connectivity index (χ3n) is 3.65. The number of carbonyl (C=O) groups is 2. The Morgan fingerprint density at radius 3 is 2.59 bits per heavy atom. The highest BCUT2D eigenvalue weighted by atomic mass is 16.3. The van der Waals surface area contributed by atoms with E-state index >= 15 is 0 Å². The van der Waals surface area contributed by atoms with Gasteiger partial charge in [0, 0.05) is 18.7 Å². The molecular weight excluding hydrogens is 282 g/mol. The summed E-state index contributed by atoms with van der Waals surface area (Å²) >= 11 is 0. The van der Waals surface area contributed by atoms with E-state index in [0.717, 1.165) is 11.3 Å². The molecule has 3 amide bonds. The molecule has 0 aliphatic carbocycles. The lowest BCUT2D eigenvalue weighted by Crippen LogP contribution is -2.53. The maximum Gasteiger partial charge on any atom is 0.315 e. The summed E-state index contributed by atoms with van der Waals surface area (Å²) in [6, 6.07) is 7.13. The molecule has 2 rings (SSSR count). The number of hydrogen-bond acceptors (Lipinski definition) is 3. The zero-order valence-corrected chi connectivity index (χ0v) is 13.2. The van der Waals surface area contributed by atoms with Crippen LogP contribution in [0.15, 0.2) is 24.3 Å². The number of hydrogen-bond donors (Lipinski definition) is 3. The smallest absolute Gasteiger partial charge is 0.315 e. The molecule has 6 nitrogen and oxygen atoms in total. The van der Waals surface area contributed by atoms with Crippen LogP contribution in [0.25, 0.3) is 0 Å². The molecule has 22 heavy (non-hydrogen) atoms. The Labute approximate surface area is 130 Å². The van der Waals surface area contributed by atoms with E-state index < -0.39 is 5.54 Å². The fraction of sp³-hybridized carbons (Fsp3) is 0.500. The van der Waals surface area contributed by atoms with Crippen LogP contribution in [0.1, 0.15) is 25.8 Å². The van der Waals surface area contributed by atoms with Crippen LogP contribution < -0.4 is 15.5 Å². The number of urea groups is 1. The van der Waals surface area contributed by atoms with E-state index in [2.05, 4.69) is 10.6 Å². The molecule has 0 unspecified atom stereocenters. The monoisotopic (exact) mass is 305 g/mol. The highest BCUT2D eigenvalue weighted by Gasteiger charge is 2.32. The standard InChI is InChI=1S/C16H23N3O3/c1-11-4-6-13(7-5-11)19-9-12(8-14(19)21)17-15(22)18-16(2,3)10-20/h4-7,12,20H,8-10H2,1-3H3,(H2,17,18,22)/t12-/m1/s1. The Balaban J connectivity index is 1.95. The van der Waals surface area contributed by atoms with Gasteiger partial charge < -0.3 is 20.6 Å². The largest absolute Gasteiger partial charge is 0.394 e. The van der Waals surface area contributed by atoms with Crippen LogP contribution in [0.2, 0.25) is 0 Å². The molecule has 1 heterocycles. The van der Waals surface area contributed by atoms with E-state index in [1.807, 2.05) is 31.2 Å². The van der Waals surface area contributed by atoms with Crippen LogP contribution in [0, 0.1) is 6.92 Å². The average molecular weight is 305 g/mol. The number of rotatable bonds is 4. The molecule has 3 N–H and O–H groups in total. The first-order chi connectivity index (χ1) is 10.3. The molecule has 0 saturated carbocycles. The quantitative estimate of drug-likeness (QED) is 0.781. The molecule has 6 heteroatoms. The fourth-order valence-corrected chi connectivity index (χ4v) is 2.35. The second-order valence-electron chi connectivity index (χ2n) is 6.38. The van der Waals surface area contributed by atoms with Crippen LogP contribution in [-0.4, -0.2) is 41.8 Å². The maximum absolute atomic E-state index is 12.1. The third kappa shape index (κ3) is 3.98. The van der Waals surface area contributed by atoms with Crippen LogP contribution >= 0.6 is 0 Å². The van der Waals surface area contributed by atoms with E-state index in [1.165, 1.54) is 0 Å². The zero-order valence-electron chi connectivity index (χ0n) is 13.2. The van der Waals surface area contributed by atoms with E-state index in [9.17, 15) is 9.59 Å². The van der Waals surface area contributed by atoms with Gasteiger partial charge in [-0.05, 0) is 32.9 Å². The molecule has 1 aliphatic heterocycles. The van der Waals surface area contributed by atoms with Gasteiger partial charge in [-0.25, -0.2) is 4.79 Å². The molecule has 0 bridgehead atoms. The summed E-state index contributed by atoms with van der Waals surface area (Å²) in [5, 5.41) is 14.6. The van der Waals surface area contributed by atoms with Crippen molar-refractivity contribution in [2.45, 2.75) is 38.8 Å². The van der Waals surface area contributed by atoms with E-state index in [0.29, 0.717) is 6.54 Å². The minimum absolute atomic E-state index is 0.00410. The summed E-state index contributed by atoms with van der Waals surface area (Å²) in [5.74, 6) is -0.00410. The van der Waals surface area contributed by atoms with Gasteiger partial charge in [0.2, 0.25) is 5.91 Å². The maximum atomic E-state index is 12.1. The number of nitrogens with one attached hydrogen (secondary N) is 2. The highest BCUT2D eigenvalue weighted by Crippen LogP contribution is 2.21. The van der Waals surface area contributed by atoms with Crippen molar-refractivity contribution in [3.05, 3.63) is 29.8 Å². The SMILES string of the molecule is Cc1ccc(N2C[C@H](NC(=O)NC(C)(C)CO)CC2=O)cc1. The lowest BCUT2D eigenvalue weighted by Gasteiger charge is -2.25. The molecule has 1 aliphatic rings. The summed E-state index contributed by atoms with van der Waals surface area (Å²) in [5.41, 5.74) is 1.29. The lowest BCUT2D eigenvalue weighted by molar-refractivity contribution is -0.117. The highest BCUT2D eigenvalue weighted by molar-refractivity contribution is 5.96. The fourth-order valence-electron chi connectivity index (χ4n) is 2.35. The van der Waals surface area contributed by atoms with Crippen molar-refractivity contribution in [1.29, 1.82) is 0 Å². The first kappa shape index (κ1) is 16.3. The number of amides is 3. The van der Waals surface area contributed by atoms with Crippen molar-refractivity contribution < 1.29 is 14.7 Å². The van der Waals surface area contributed by atoms with Crippen molar-refractivity contribution in [2.75, 3.05) is 18.1 Å². The molecule has 1 atom stereocenters. The zero-order chi connectivity index (χ0) is 16.3. The van der Waals surface area contributed by atoms with Crippen LogP contribution in [0.5, 0.6) is 0 Å². The Morgan fingerprint density at radius 1 is 1.36 bits per heavy atom. The number of carbonyl (C=O) groups excluding carboxylic acids is 2.